The first-order valence-electron chi connectivity index (χ1n) is 6.04. The lowest BCUT2D eigenvalue weighted by atomic mass is 10.1. The van der Waals surface area contributed by atoms with Gasteiger partial charge in [-0.3, -0.25) is 19.2 Å². The van der Waals surface area contributed by atoms with Gasteiger partial charge in [0.15, 0.2) is 0 Å². The lowest BCUT2D eigenvalue weighted by molar-refractivity contribution is 0.0973. The van der Waals surface area contributed by atoms with Gasteiger partial charge in [-0.25, -0.2) is 0 Å². The third kappa shape index (κ3) is 2.00. The van der Waals surface area contributed by atoms with Crippen LogP contribution >= 0.6 is 22.7 Å². The first-order chi connectivity index (χ1) is 10.4. The second-order valence-electron chi connectivity index (χ2n) is 4.45. The lowest BCUT2D eigenvalue weighted by Crippen LogP contribution is -2.21. The van der Waals surface area contributed by atoms with Crippen molar-refractivity contribution in [2.45, 2.75) is 0 Å². The van der Waals surface area contributed by atoms with Crippen LogP contribution in [0.3, 0.4) is 0 Å². The molecule has 0 unspecified atom stereocenters. The molecule has 1 aliphatic heterocycles. The monoisotopic (exact) mass is 332 g/mol. The van der Waals surface area contributed by atoms with Crippen LogP contribution in [0.15, 0.2) is 33.9 Å². The van der Waals surface area contributed by atoms with Crippen molar-refractivity contribution in [3.8, 4) is 0 Å². The maximum atomic E-state index is 12.5. The smallest absolute Gasteiger partial charge is 0.260 e. The fourth-order valence-electron chi connectivity index (χ4n) is 2.14. The van der Waals surface area contributed by atoms with Crippen molar-refractivity contribution in [2.24, 2.45) is 11.5 Å². The van der Waals surface area contributed by atoms with Crippen molar-refractivity contribution in [2.75, 3.05) is 0 Å². The summed E-state index contributed by atoms with van der Waals surface area (Å²) in [4.78, 5) is 47.7. The molecule has 0 aromatic heterocycles. The highest BCUT2D eigenvalue weighted by atomic mass is 32.1. The van der Waals surface area contributed by atoms with Crippen LogP contribution in [-0.2, 0) is 0 Å². The number of hydrogen-bond acceptors (Lipinski definition) is 6. The molecule has 1 aromatic carbocycles. The fraction of sp³-hybridized carbons (Fsp3) is 0. The highest BCUT2D eigenvalue weighted by Gasteiger charge is 2.19. The van der Waals surface area contributed by atoms with Crippen LogP contribution in [0, 0.1) is 9.06 Å². The first-order valence-corrected chi connectivity index (χ1v) is 7.67. The van der Waals surface area contributed by atoms with E-state index in [2.05, 4.69) is 0 Å². The summed E-state index contributed by atoms with van der Waals surface area (Å²) in [5, 5.41) is 0.538. The van der Waals surface area contributed by atoms with E-state index in [4.69, 9.17) is 11.5 Å². The average molecular weight is 332 g/mol. The minimum atomic E-state index is -0.864. The van der Waals surface area contributed by atoms with Crippen molar-refractivity contribution in [3.05, 3.63) is 63.5 Å². The third-order valence-electron chi connectivity index (χ3n) is 3.10. The summed E-state index contributed by atoms with van der Waals surface area (Å²) in [6.45, 7) is 0. The van der Waals surface area contributed by atoms with Gasteiger partial charge in [-0.05, 0) is 0 Å². The summed E-state index contributed by atoms with van der Waals surface area (Å²) in [7, 11) is 0. The van der Waals surface area contributed by atoms with Crippen LogP contribution in [0.1, 0.15) is 19.3 Å². The van der Waals surface area contributed by atoms with Gasteiger partial charge in [-0.2, -0.15) is 0 Å². The van der Waals surface area contributed by atoms with Crippen molar-refractivity contribution in [1.29, 1.82) is 0 Å². The van der Waals surface area contributed by atoms with Crippen LogP contribution in [0.25, 0.3) is 10.8 Å². The van der Waals surface area contributed by atoms with E-state index in [9.17, 15) is 19.2 Å². The molecule has 0 atom stereocenters. The van der Waals surface area contributed by atoms with Crippen molar-refractivity contribution < 1.29 is 9.59 Å². The molecule has 2 aliphatic rings. The van der Waals surface area contributed by atoms with Gasteiger partial charge in [0.2, 0.25) is 10.9 Å². The maximum Gasteiger partial charge on any atom is 0.260 e. The predicted octanol–water partition coefficient (Wildman–Crippen LogP) is 0.606. The molecule has 1 aliphatic carbocycles. The number of amides is 2. The Labute approximate surface area is 130 Å². The molecule has 0 saturated heterocycles. The topological polar surface area (TPSA) is 120 Å². The molecule has 3 rings (SSSR count). The van der Waals surface area contributed by atoms with Gasteiger partial charge >= 0.3 is 0 Å². The lowest BCUT2D eigenvalue weighted by Gasteiger charge is -2.03. The molecule has 0 fully saturated rings. The summed E-state index contributed by atoms with van der Waals surface area (Å²) in [6, 6.07) is 6.38. The molecule has 110 valence electrons. The van der Waals surface area contributed by atoms with Gasteiger partial charge in [-0.15, -0.1) is 22.7 Å². The van der Waals surface area contributed by atoms with Crippen molar-refractivity contribution in [1.82, 2.24) is 0 Å². The molecule has 22 heavy (non-hydrogen) atoms. The largest absolute Gasteiger partial charge is 0.365 e. The number of hydrogen-bond donors (Lipinski definition) is 2. The van der Waals surface area contributed by atoms with E-state index in [1.807, 2.05) is 0 Å². The first kappa shape index (κ1) is 14.4. The van der Waals surface area contributed by atoms with Gasteiger partial charge in [0.05, 0.1) is 9.06 Å². The Bertz CT molecular complexity index is 1040. The fourth-order valence-corrected chi connectivity index (χ4v) is 4.41. The number of fused-ring (bicyclic) bond motifs is 1. The molecule has 8 heteroatoms. The summed E-state index contributed by atoms with van der Waals surface area (Å²) in [5.74, 6) is -1.73. The molecule has 2 amide bonds. The van der Waals surface area contributed by atoms with Crippen LogP contribution in [-0.4, -0.2) is 11.8 Å². The molecular weight excluding hydrogens is 324 g/mol. The quantitative estimate of drug-likeness (QED) is 0.714. The number of benzene rings is 1. The van der Waals surface area contributed by atoms with Crippen LogP contribution < -0.4 is 22.3 Å². The Balaban J connectivity index is 2.69. The van der Waals surface area contributed by atoms with E-state index in [0.29, 0.717) is 0 Å². The van der Waals surface area contributed by atoms with Gasteiger partial charge < -0.3 is 11.5 Å². The summed E-state index contributed by atoms with van der Waals surface area (Å²) in [6.07, 6.45) is 0. The van der Waals surface area contributed by atoms with E-state index in [1.54, 1.807) is 24.3 Å². The molecule has 0 saturated carbocycles. The number of nitrogens with two attached hydrogens (primary N) is 2. The standard InChI is InChI=1S/C14H8N2O4S2/c15-13(19)11-12(14(16)20)22-10-8(18)6-4-2-1-3-5(6)7(17)9(10)21-11/h1-4H,(H2,15,19)(H2,16,20). The Morgan fingerprint density at radius 2 is 1.14 bits per heavy atom. The molecule has 0 bridgehead atoms. The second-order valence-corrected chi connectivity index (χ2v) is 6.49. The number of carbonyl (C=O) groups excluding carboxylic acids is 2. The summed E-state index contributed by atoms with van der Waals surface area (Å²) >= 11 is 1.46. The Kier molecular flexibility index (Phi) is 3.27. The molecule has 1 heterocycles. The molecule has 0 radical (unpaired) electrons. The average Bonchev–Trinajstić information content (AvgIpc) is 2.51. The predicted molar refractivity (Wildman–Crippen MR) is 84.6 cm³/mol. The maximum absolute atomic E-state index is 12.5. The number of primary amides is 2. The number of carbonyl (C=O) groups is 2. The van der Waals surface area contributed by atoms with E-state index in [-0.39, 0.29) is 40.4 Å². The minimum absolute atomic E-state index is 0.104. The van der Waals surface area contributed by atoms with Gasteiger partial charge in [-0.1, -0.05) is 24.3 Å². The molecule has 0 spiro atoms. The molecule has 4 N–H and O–H groups in total. The Morgan fingerprint density at radius 1 is 0.773 bits per heavy atom. The van der Waals surface area contributed by atoms with E-state index >= 15 is 0 Å². The zero-order chi connectivity index (χ0) is 16.0. The second kappa shape index (κ2) is 5.00. The van der Waals surface area contributed by atoms with E-state index < -0.39 is 11.8 Å². The third-order valence-corrected chi connectivity index (χ3v) is 5.76. The molecule has 6 nitrogen and oxygen atoms in total. The highest BCUT2D eigenvalue weighted by molar-refractivity contribution is 7.20. The minimum Gasteiger partial charge on any atom is -0.365 e. The summed E-state index contributed by atoms with van der Waals surface area (Å²) in [5.41, 5.74) is 9.73. The normalized spacial score (nSPS) is 10.9. The van der Waals surface area contributed by atoms with Gasteiger partial charge in [0, 0.05) is 10.8 Å². The zero-order valence-corrected chi connectivity index (χ0v) is 12.5. The van der Waals surface area contributed by atoms with Gasteiger partial charge in [0.1, 0.15) is 9.75 Å². The number of rotatable bonds is 2. The van der Waals surface area contributed by atoms with Crippen LogP contribution in [0.4, 0.5) is 0 Å². The van der Waals surface area contributed by atoms with Crippen molar-refractivity contribution in [3.63, 3.8) is 0 Å². The van der Waals surface area contributed by atoms with Crippen LogP contribution in [0.5, 0.6) is 0 Å². The zero-order valence-electron chi connectivity index (χ0n) is 10.9. The van der Waals surface area contributed by atoms with E-state index in [1.165, 1.54) is 0 Å². The Hall–Kier alpha value is -2.58. The summed E-state index contributed by atoms with van der Waals surface area (Å²) < 4.78 is 0.208. The molecule has 1 aromatic rings. The Morgan fingerprint density at radius 3 is 1.45 bits per heavy atom. The van der Waals surface area contributed by atoms with E-state index in [0.717, 1.165) is 22.7 Å². The van der Waals surface area contributed by atoms with Crippen LogP contribution in [0.2, 0.25) is 0 Å². The molecular formula is C14H8N2O4S2. The highest BCUT2D eigenvalue weighted by Crippen LogP contribution is 2.21. The SMILES string of the molecule is NC(=O)c1sc2c(=O)c3ccccc3c(=O)c=2sc1C(N)=O. The van der Waals surface area contributed by atoms with Crippen molar-refractivity contribution >= 4 is 45.3 Å². The van der Waals surface area contributed by atoms with Gasteiger partial charge in [0.25, 0.3) is 11.8 Å².